The van der Waals surface area contributed by atoms with Gasteiger partial charge in [0.25, 0.3) is 6.43 Å². The van der Waals surface area contributed by atoms with Crippen molar-refractivity contribution in [3.05, 3.63) is 41.5 Å². The van der Waals surface area contributed by atoms with Crippen LogP contribution in [0.1, 0.15) is 15.9 Å². The maximum absolute atomic E-state index is 12.3. The third kappa shape index (κ3) is 5.70. The number of amides is 2. The zero-order chi connectivity index (χ0) is 15.8. The third-order valence-corrected chi connectivity index (χ3v) is 2.65. The highest BCUT2D eigenvalue weighted by molar-refractivity contribution is 5.94. The molecule has 0 heterocycles. The number of benzene rings is 1. The summed E-state index contributed by atoms with van der Waals surface area (Å²) in [5.74, 6) is -1.18. The number of carbonyl (C=O) groups is 2. The van der Waals surface area contributed by atoms with E-state index in [1.54, 1.807) is 12.1 Å². The van der Waals surface area contributed by atoms with Crippen LogP contribution >= 0.6 is 0 Å². The van der Waals surface area contributed by atoms with Crippen LogP contribution in [0.25, 0.3) is 6.08 Å². The van der Waals surface area contributed by atoms with Crippen molar-refractivity contribution in [3.63, 3.8) is 0 Å². The number of nitrogens with zero attached hydrogens (tertiary/aromatic N) is 1. The fraction of sp³-hybridized carbons (Fsp3) is 0.286. The summed E-state index contributed by atoms with van der Waals surface area (Å²) < 4.78 is 24.6. The molecule has 0 atom stereocenters. The van der Waals surface area contributed by atoms with Crippen LogP contribution in [-0.4, -0.2) is 47.9 Å². The minimum absolute atomic E-state index is 0.159. The number of halogens is 2. The number of primary amides is 1. The zero-order valence-electron chi connectivity index (χ0n) is 11.2. The van der Waals surface area contributed by atoms with Gasteiger partial charge < -0.3 is 15.7 Å². The molecule has 0 aromatic heterocycles. The Hall–Kier alpha value is -2.28. The molecule has 0 radical (unpaired) electrons. The molecule has 0 fully saturated rings. The Morgan fingerprint density at radius 1 is 1.29 bits per heavy atom. The summed E-state index contributed by atoms with van der Waals surface area (Å²) in [4.78, 5) is 23.5. The predicted molar refractivity (Wildman–Crippen MR) is 73.7 cm³/mol. The summed E-state index contributed by atoms with van der Waals surface area (Å²) >= 11 is 0. The number of rotatable bonds is 7. The molecular weight excluding hydrogens is 282 g/mol. The van der Waals surface area contributed by atoms with Crippen molar-refractivity contribution >= 4 is 17.9 Å². The Labute approximate surface area is 120 Å². The lowest BCUT2D eigenvalue weighted by atomic mass is 10.1. The molecule has 5 nitrogen and oxygen atoms in total. The number of carbonyl (C=O) groups excluding carboxylic acids is 2. The lowest BCUT2D eigenvalue weighted by Crippen LogP contribution is -2.36. The van der Waals surface area contributed by atoms with Crippen LogP contribution in [0.2, 0.25) is 0 Å². The van der Waals surface area contributed by atoms with Gasteiger partial charge in [0.05, 0.1) is 13.2 Å². The fourth-order valence-corrected chi connectivity index (χ4v) is 1.61. The highest BCUT2D eigenvalue weighted by Gasteiger charge is 2.15. The maximum Gasteiger partial charge on any atom is 0.255 e. The molecular formula is C14H16F2N2O3. The minimum atomic E-state index is -2.66. The standard InChI is InChI=1S/C14H16F2N2O3/c15-12(16)9-18(7-8-19)13(20)6-3-10-1-4-11(5-2-10)14(17)21/h1-6,12,19H,7-9H2,(H2,17,21)/b6-3+. The SMILES string of the molecule is NC(=O)c1ccc(/C=C/C(=O)N(CCO)CC(F)F)cc1. The molecule has 0 saturated heterocycles. The van der Waals surface area contributed by atoms with E-state index in [-0.39, 0.29) is 13.2 Å². The first-order valence-corrected chi connectivity index (χ1v) is 6.20. The Bertz CT molecular complexity index is 515. The van der Waals surface area contributed by atoms with Gasteiger partial charge in [-0.25, -0.2) is 8.78 Å². The van der Waals surface area contributed by atoms with E-state index < -0.39 is 24.8 Å². The van der Waals surface area contributed by atoms with Crippen LogP contribution in [0, 0.1) is 0 Å². The van der Waals surface area contributed by atoms with Crippen molar-refractivity contribution in [2.24, 2.45) is 5.73 Å². The lowest BCUT2D eigenvalue weighted by molar-refractivity contribution is -0.128. The van der Waals surface area contributed by atoms with Crippen molar-refractivity contribution in [3.8, 4) is 0 Å². The molecule has 0 spiro atoms. The number of alkyl halides is 2. The topological polar surface area (TPSA) is 83.6 Å². The van der Waals surface area contributed by atoms with Crippen LogP contribution in [0.5, 0.6) is 0 Å². The van der Waals surface area contributed by atoms with E-state index in [0.29, 0.717) is 11.1 Å². The Morgan fingerprint density at radius 2 is 1.90 bits per heavy atom. The molecule has 3 N–H and O–H groups in total. The normalized spacial score (nSPS) is 11.0. The number of aliphatic hydroxyl groups excluding tert-OH is 1. The first-order valence-electron chi connectivity index (χ1n) is 6.20. The molecule has 2 amide bonds. The Balaban J connectivity index is 2.72. The summed E-state index contributed by atoms with van der Waals surface area (Å²) in [7, 11) is 0. The van der Waals surface area contributed by atoms with Crippen LogP contribution in [0.3, 0.4) is 0 Å². The molecule has 0 aliphatic rings. The Kier molecular flexibility index (Phi) is 6.48. The summed E-state index contributed by atoms with van der Waals surface area (Å²) in [5.41, 5.74) is 6.04. The summed E-state index contributed by atoms with van der Waals surface area (Å²) in [5, 5.41) is 8.76. The van der Waals surface area contributed by atoms with Crippen molar-refractivity contribution in [1.82, 2.24) is 4.90 Å². The van der Waals surface area contributed by atoms with E-state index in [1.807, 2.05) is 0 Å². The van der Waals surface area contributed by atoms with Crippen molar-refractivity contribution < 1.29 is 23.5 Å². The van der Waals surface area contributed by atoms with E-state index in [4.69, 9.17) is 10.8 Å². The van der Waals surface area contributed by atoms with Gasteiger partial charge in [-0.15, -0.1) is 0 Å². The van der Waals surface area contributed by atoms with Crippen molar-refractivity contribution in [2.45, 2.75) is 6.43 Å². The van der Waals surface area contributed by atoms with E-state index in [9.17, 15) is 18.4 Å². The van der Waals surface area contributed by atoms with Crippen LogP contribution in [-0.2, 0) is 4.79 Å². The van der Waals surface area contributed by atoms with Crippen molar-refractivity contribution in [1.29, 1.82) is 0 Å². The number of aliphatic hydroxyl groups is 1. The molecule has 0 saturated carbocycles. The van der Waals surface area contributed by atoms with Gasteiger partial charge in [-0.2, -0.15) is 0 Å². The molecule has 0 bridgehead atoms. The molecule has 0 aliphatic carbocycles. The zero-order valence-corrected chi connectivity index (χ0v) is 11.2. The second-order valence-electron chi connectivity index (χ2n) is 4.22. The highest BCUT2D eigenvalue weighted by atomic mass is 19.3. The Morgan fingerprint density at radius 3 is 2.38 bits per heavy atom. The molecule has 21 heavy (non-hydrogen) atoms. The lowest BCUT2D eigenvalue weighted by Gasteiger charge is -2.19. The second-order valence-corrected chi connectivity index (χ2v) is 4.22. The van der Waals surface area contributed by atoms with Gasteiger partial charge in [-0.05, 0) is 23.8 Å². The first-order chi connectivity index (χ1) is 9.93. The van der Waals surface area contributed by atoms with Gasteiger partial charge in [0.1, 0.15) is 0 Å². The van der Waals surface area contributed by atoms with Crippen LogP contribution in [0.15, 0.2) is 30.3 Å². The van der Waals surface area contributed by atoms with E-state index >= 15 is 0 Å². The third-order valence-electron chi connectivity index (χ3n) is 2.65. The smallest absolute Gasteiger partial charge is 0.255 e. The van der Waals surface area contributed by atoms with Gasteiger partial charge >= 0.3 is 0 Å². The summed E-state index contributed by atoms with van der Waals surface area (Å²) in [6.07, 6.45) is -0.0935. The second kappa shape index (κ2) is 8.11. The molecule has 0 aliphatic heterocycles. The van der Waals surface area contributed by atoms with Crippen LogP contribution in [0.4, 0.5) is 8.78 Å². The molecule has 1 rings (SSSR count). The number of hydrogen-bond acceptors (Lipinski definition) is 3. The van der Waals surface area contributed by atoms with E-state index in [0.717, 1.165) is 11.0 Å². The van der Waals surface area contributed by atoms with Crippen LogP contribution < -0.4 is 5.73 Å². The van der Waals surface area contributed by atoms with Gasteiger partial charge in [-0.1, -0.05) is 12.1 Å². The quantitative estimate of drug-likeness (QED) is 0.733. The van der Waals surface area contributed by atoms with Gasteiger partial charge in [0.15, 0.2) is 0 Å². The van der Waals surface area contributed by atoms with E-state index in [2.05, 4.69) is 0 Å². The van der Waals surface area contributed by atoms with Crippen molar-refractivity contribution in [2.75, 3.05) is 19.7 Å². The monoisotopic (exact) mass is 298 g/mol. The average Bonchev–Trinajstić information content (AvgIpc) is 2.44. The first kappa shape index (κ1) is 16.8. The minimum Gasteiger partial charge on any atom is -0.395 e. The fourth-order valence-electron chi connectivity index (χ4n) is 1.61. The molecule has 1 aromatic carbocycles. The summed E-state index contributed by atoms with van der Waals surface area (Å²) in [6.45, 7) is -1.28. The largest absolute Gasteiger partial charge is 0.395 e. The molecule has 114 valence electrons. The van der Waals surface area contributed by atoms with Gasteiger partial charge in [0, 0.05) is 18.2 Å². The molecule has 7 heteroatoms. The maximum atomic E-state index is 12.3. The predicted octanol–water partition coefficient (Wildman–Crippen LogP) is 0.885. The number of hydrogen-bond donors (Lipinski definition) is 2. The van der Waals surface area contributed by atoms with Gasteiger partial charge in [-0.3, -0.25) is 9.59 Å². The number of nitrogens with two attached hydrogens (primary N) is 1. The highest BCUT2D eigenvalue weighted by Crippen LogP contribution is 2.07. The van der Waals surface area contributed by atoms with E-state index in [1.165, 1.54) is 18.2 Å². The molecule has 1 aromatic rings. The van der Waals surface area contributed by atoms with Gasteiger partial charge in [0.2, 0.25) is 11.8 Å². The molecule has 0 unspecified atom stereocenters. The average molecular weight is 298 g/mol. The summed E-state index contributed by atoms with van der Waals surface area (Å²) in [6, 6.07) is 6.15.